The number of allylic oxidation sites excluding steroid dienone is 4. The van der Waals surface area contributed by atoms with Crippen LogP contribution in [0, 0.1) is 19.8 Å². The van der Waals surface area contributed by atoms with E-state index < -0.39 is 8.07 Å². The van der Waals surface area contributed by atoms with Crippen molar-refractivity contribution in [3.8, 4) is 0 Å². The van der Waals surface area contributed by atoms with Crippen LogP contribution >= 0.6 is 0 Å². The molecule has 0 spiro atoms. The van der Waals surface area contributed by atoms with E-state index in [1.807, 2.05) is 0 Å². The van der Waals surface area contributed by atoms with Crippen LogP contribution in [0.3, 0.4) is 0 Å². The molecular formula is C21H31Cl3SiTi. The molecule has 0 bridgehead atoms. The molecular weight excluding hydrogens is 435 g/mol. The van der Waals surface area contributed by atoms with Gasteiger partial charge in [0.05, 0.1) is 0 Å². The maximum Gasteiger partial charge on any atom is -1.00 e. The Hall–Kier alpha value is 0.501. The van der Waals surface area contributed by atoms with E-state index in [-0.39, 0.29) is 37.2 Å². The van der Waals surface area contributed by atoms with Crippen LogP contribution in [-0.2, 0) is 20.4 Å². The summed E-state index contributed by atoms with van der Waals surface area (Å²) in [5, 5.41) is 3.44. The van der Waals surface area contributed by atoms with Crippen LogP contribution in [0.25, 0.3) is 0 Å². The summed E-state index contributed by atoms with van der Waals surface area (Å²) in [6.07, 6.45) is 2.64. The molecule has 0 radical (unpaired) electrons. The van der Waals surface area contributed by atoms with Crippen LogP contribution in [-0.4, -0.2) is 8.07 Å². The number of halogens is 3. The van der Waals surface area contributed by atoms with Gasteiger partial charge in [0.1, 0.15) is 0 Å². The summed E-state index contributed by atoms with van der Waals surface area (Å²) in [6, 6.07) is 8.64. The Morgan fingerprint density at radius 3 is 1.81 bits per heavy atom. The molecule has 1 aromatic rings. The predicted octanol–water partition coefficient (Wildman–Crippen LogP) is -3.27. The number of hydrogen-bond acceptors (Lipinski definition) is 0. The van der Waals surface area contributed by atoms with Crippen molar-refractivity contribution in [1.82, 2.24) is 0 Å². The van der Waals surface area contributed by atoms with Crippen molar-refractivity contribution in [2.75, 3.05) is 0 Å². The molecule has 0 nitrogen and oxygen atoms in total. The second kappa shape index (κ2) is 11.5. The van der Waals surface area contributed by atoms with E-state index in [1.165, 1.54) is 30.0 Å². The quantitative estimate of drug-likeness (QED) is 0.401. The van der Waals surface area contributed by atoms with Crippen LogP contribution in [0.4, 0.5) is 0 Å². The van der Waals surface area contributed by atoms with Gasteiger partial charge in [-0.3, -0.25) is 0 Å². The van der Waals surface area contributed by atoms with Crippen LogP contribution in [0.1, 0.15) is 51.7 Å². The minimum Gasteiger partial charge on any atom is -1.00 e. The zero-order valence-corrected chi connectivity index (χ0v) is 21.9. The van der Waals surface area contributed by atoms with Gasteiger partial charge in [-0.25, -0.2) is 0 Å². The second-order valence-corrected chi connectivity index (χ2v) is 12.7. The molecule has 0 saturated carbocycles. The number of benzene rings is 1. The number of hydrogen-bond donors (Lipinski definition) is 0. The van der Waals surface area contributed by atoms with Crippen LogP contribution in [0.5, 0.6) is 0 Å². The van der Waals surface area contributed by atoms with Crippen molar-refractivity contribution < 1.29 is 57.7 Å². The standard InChI is InChI=1S/C21H31Si.3ClH.Ti/c1-8-9-10-22(7,20-12-15(2)11-16(3)13-20)21-18(5)14-17(4)19(21)6;;;;/h11-13,18H,8-10H2,1-7H3;3*1H;/q;;;;+3/p-3. The smallest absolute Gasteiger partial charge is 1.00 e. The van der Waals surface area contributed by atoms with E-state index in [4.69, 9.17) is 0 Å². The SMILES string of the molecule is CCCC[Si](C)(C1=C(C)C(C)=[C]([Ti+3])C1C)c1cc(C)cc(C)c1.[Cl-].[Cl-].[Cl-]. The largest absolute Gasteiger partial charge is 1.00 e. The fraction of sp³-hybridized carbons (Fsp3) is 0.524. The first-order valence-corrected chi connectivity index (χ1v) is 12.4. The molecule has 144 valence electrons. The molecule has 0 N–H and O–H groups in total. The normalized spacial score (nSPS) is 18.7. The van der Waals surface area contributed by atoms with E-state index in [1.54, 1.807) is 25.4 Å². The van der Waals surface area contributed by atoms with E-state index >= 15 is 0 Å². The first-order chi connectivity index (χ1) is 10.7. The summed E-state index contributed by atoms with van der Waals surface area (Å²) >= 11 is 2.34. The first kappa shape index (κ1) is 28.7. The van der Waals surface area contributed by atoms with Crippen LogP contribution < -0.4 is 42.4 Å². The molecule has 0 amide bonds. The van der Waals surface area contributed by atoms with Gasteiger partial charge in [-0.2, -0.15) is 0 Å². The van der Waals surface area contributed by atoms with E-state index in [0.717, 1.165) is 0 Å². The van der Waals surface area contributed by atoms with Gasteiger partial charge in [0, 0.05) is 0 Å². The van der Waals surface area contributed by atoms with Crippen LogP contribution in [0.2, 0.25) is 12.6 Å². The van der Waals surface area contributed by atoms with Crippen molar-refractivity contribution in [2.24, 2.45) is 5.92 Å². The van der Waals surface area contributed by atoms with Crippen molar-refractivity contribution in [3.05, 3.63) is 49.5 Å². The minimum absolute atomic E-state index is 0. The summed E-state index contributed by atoms with van der Waals surface area (Å²) < 4.78 is 1.59. The van der Waals surface area contributed by atoms with Gasteiger partial charge in [-0.1, -0.05) is 0 Å². The van der Waals surface area contributed by atoms with Gasteiger partial charge < -0.3 is 37.2 Å². The van der Waals surface area contributed by atoms with Gasteiger partial charge in [0.2, 0.25) is 0 Å². The Bertz CT molecular complexity index is 662. The Balaban J connectivity index is 0. The number of aryl methyl sites for hydroxylation is 2. The third-order valence-electron chi connectivity index (χ3n) is 5.72. The maximum atomic E-state index is 2.62. The number of rotatable bonds is 5. The summed E-state index contributed by atoms with van der Waals surface area (Å²) in [5.74, 6) is 0.629. The van der Waals surface area contributed by atoms with Crippen LogP contribution in [0.15, 0.2) is 38.4 Å². The fourth-order valence-corrected chi connectivity index (χ4v) is 10.2. The Labute approximate surface area is 192 Å². The Morgan fingerprint density at radius 1 is 0.923 bits per heavy atom. The van der Waals surface area contributed by atoms with E-state index in [2.05, 4.69) is 86.7 Å². The molecule has 26 heavy (non-hydrogen) atoms. The fourth-order valence-electron chi connectivity index (χ4n) is 4.35. The molecule has 0 fully saturated rings. The molecule has 0 heterocycles. The monoisotopic (exact) mass is 464 g/mol. The predicted molar refractivity (Wildman–Crippen MR) is 101 cm³/mol. The molecule has 0 aliphatic heterocycles. The molecule has 2 unspecified atom stereocenters. The Morgan fingerprint density at radius 2 is 1.42 bits per heavy atom. The summed E-state index contributed by atoms with van der Waals surface area (Å²) in [5.41, 5.74) is 5.98. The molecule has 0 saturated heterocycles. The average molecular weight is 466 g/mol. The summed E-state index contributed by atoms with van der Waals surface area (Å²) in [7, 11) is -1.65. The minimum atomic E-state index is -1.65. The van der Waals surface area contributed by atoms with Crippen molar-refractivity contribution in [3.63, 3.8) is 0 Å². The molecule has 1 aromatic carbocycles. The summed E-state index contributed by atoms with van der Waals surface area (Å²) in [4.78, 5) is 0. The molecule has 1 aliphatic carbocycles. The number of unbranched alkanes of at least 4 members (excludes halogenated alkanes) is 1. The zero-order chi connectivity index (χ0) is 17.4. The Kier molecular flexibility index (Phi) is 12.7. The van der Waals surface area contributed by atoms with Gasteiger partial charge in [-0.05, 0) is 0 Å². The van der Waals surface area contributed by atoms with Gasteiger partial charge in [0.25, 0.3) is 0 Å². The van der Waals surface area contributed by atoms with E-state index in [0.29, 0.717) is 5.92 Å². The first-order valence-electron chi connectivity index (χ1n) is 8.95. The van der Waals surface area contributed by atoms with Crippen molar-refractivity contribution in [1.29, 1.82) is 0 Å². The molecule has 0 aromatic heterocycles. The molecule has 2 atom stereocenters. The second-order valence-electron chi connectivity index (χ2n) is 7.61. The molecule has 1 aliphatic rings. The van der Waals surface area contributed by atoms with Gasteiger partial charge in [0.15, 0.2) is 0 Å². The third-order valence-corrected chi connectivity index (χ3v) is 11.9. The van der Waals surface area contributed by atoms with Crippen molar-refractivity contribution in [2.45, 2.75) is 67.0 Å². The van der Waals surface area contributed by atoms with Crippen molar-refractivity contribution >= 4 is 13.3 Å². The molecule has 5 heteroatoms. The van der Waals surface area contributed by atoms with Gasteiger partial charge in [-0.15, -0.1) is 0 Å². The topological polar surface area (TPSA) is 0 Å². The average Bonchev–Trinajstić information content (AvgIpc) is 2.68. The van der Waals surface area contributed by atoms with Gasteiger partial charge >= 0.3 is 156 Å². The third kappa shape index (κ3) is 5.52. The molecule has 2 rings (SSSR count). The maximum absolute atomic E-state index is 2.62. The zero-order valence-electron chi connectivity index (χ0n) is 17.1. The van der Waals surface area contributed by atoms with E-state index in [9.17, 15) is 0 Å². The summed E-state index contributed by atoms with van der Waals surface area (Å²) in [6.45, 7) is 16.6.